The van der Waals surface area contributed by atoms with E-state index >= 15 is 0 Å². The van der Waals surface area contributed by atoms with Crippen molar-refractivity contribution in [3.05, 3.63) is 35.4 Å². The summed E-state index contributed by atoms with van der Waals surface area (Å²) in [6.07, 6.45) is 1.17. The molecule has 1 aromatic carbocycles. The molecule has 1 nitrogen and oxygen atoms in total. The SMILES string of the molecule is Cc1ccc([C@H]2C[C@H]2N)cc1. The molecule has 0 radical (unpaired) electrons. The third-order valence-corrected chi connectivity index (χ3v) is 2.35. The minimum Gasteiger partial charge on any atom is -0.327 e. The molecule has 2 N–H and O–H groups in total. The molecule has 2 rings (SSSR count). The van der Waals surface area contributed by atoms with Gasteiger partial charge in [-0.25, -0.2) is 0 Å². The van der Waals surface area contributed by atoms with Crippen molar-refractivity contribution in [3.8, 4) is 0 Å². The van der Waals surface area contributed by atoms with E-state index < -0.39 is 0 Å². The third kappa shape index (κ3) is 1.29. The molecule has 1 heteroatoms. The van der Waals surface area contributed by atoms with Crippen LogP contribution in [0.3, 0.4) is 0 Å². The Morgan fingerprint density at radius 1 is 1.27 bits per heavy atom. The number of aryl methyl sites for hydroxylation is 1. The predicted octanol–water partition coefficient (Wildman–Crippen LogP) is 1.81. The lowest BCUT2D eigenvalue weighted by Crippen LogP contribution is -2.00. The largest absolute Gasteiger partial charge is 0.327 e. The highest BCUT2D eigenvalue weighted by atomic mass is 14.7. The van der Waals surface area contributed by atoms with Crippen LogP contribution >= 0.6 is 0 Å². The summed E-state index contributed by atoms with van der Waals surface area (Å²) in [7, 11) is 0. The lowest BCUT2D eigenvalue weighted by atomic mass is 10.1. The first-order valence-corrected chi connectivity index (χ1v) is 4.09. The zero-order chi connectivity index (χ0) is 7.84. The van der Waals surface area contributed by atoms with E-state index in [1.807, 2.05) is 0 Å². The zero-order valence-electron chi connectivity index (χ0n) is 6.75. The molecule has 0 bridgehead atoms. The molecule has 2 atom stereocenters. The molecule has 11 heavy (non-hydrogen) atoms. The number of benzene rings is 1. The van der Waals surface area contributed by atoms with E-state index in [-0.39, 0.29) is 0 Å². The molecular weight excluding hydrogens is 134 g/mol. The molecule has 58 valence electrons. The van der Waals surface area contributed by atoms with Gasteiger partial charge in [-0.1, -0.05) is 29.8 Å². The zero-order valence-corrected chi connectivity index (χ0v) is 6.75. The van der Waals surface area contributed by atoms with Gasteiger partial charge in [-0.3, -0.25) is 0 Å². The second kappa shape index (κ2) is 2.35. The second-order valence-corrected chi connectivity index (χ2v) is 3.42. The maximum atomic E-state index is 5.74. The normalized spacial score (nSPS) is 28.5. The van der Waals surface area contributed by atoms with Gasteiger partial charge >= 0.3 is 0 Å². The van der Waals surface area contributed by atoms with E-state index in [9.17, 15) is 0 Å². The van der Waals surface area contributed by atoms with E-state index in [0.29, 0.717) is 12.0 Å². The molecular formula is C10H13N. The average molecular weight is 147 g/mol. The van der Waals surface area contributed by atoms with Crippen molar-refractivity contribution in [1.29, 1.82) is 0 Å². The average Bonchev–Trinajstić information content (AvgIpc) is 2.69. The number of rotatable bonds is 1. The molecule has 0 heterocycles. The van der Waals surface area contributed by atoms with Crippen molar-refractivity contribution in [2.75, 3.05) is 0 Å². The van der Waals surface area contributed by atoms with Gasteiger partial charge in [0, 0.05) is 12.0 Å². The second-order valence-electron chi connectivity index (χ2n) is 3.42. The highest BCUT2D eigenvalue weighted by Crippen LogP contribution is 2.38. The maximum absolute atomic E-state index is 5.74. The Labute approximate surface area is 67.2 Å². The van der Waals surface area contributed by atoms with Crippen LogP contribution in [0.15, 0.2) is 24.3 Å². The lowest BCUT2D eigenvalue weighted by Gasteiger charge is -1.97. The highest BCUT2D eigenvalue weighted by molar-refractivity contribution is 5.30. The fraction of sp³-hybridized carbons (Fsp3) is 0.400. The van der Waals surface area contributed by atoms with Gasteiger partial charge in [-0.15, -0.1) is 0 Å². The van der Waals surface area contributed by atoms with Crippen LogP contribution in [0, 0.1) is 6.92 Å². The molecule has 0 unspecified atom stereocenters. The quantitative estimate of drug-likeness (QED) is 0.644. The Kier molecular flexibility index (Phi) is 1.46. The van der Waals surface area contributed by atoms with Gasteiger partial charge in [-0.2, -0.15) is 0 Å². The standard InChI is InChI=1S/C10H13N/c1-7-2-4-8(5-3-7)9-6-10(9)11/h2-5,9-10H,6,11H2,1H3/t9-,10-/m1/s1. The van der Waals surface area contributed by atoms with Crippen molar-refractivity contribution in [1.82, 2.24) is 0 Å². The van der Waals surface area contributed by atoms with Crippen LogP contribution < -0.4 is 5.73 Å². The summed E-state index contributed by atoms with van der Waals surface area (Å²) >= 11 is 0. The maximum Gasteiger partial charge on any atom is 0.0115 e. The Morgan fingerprint density at radius 2 is 1.82 bits per heavy atom. The van der Waals surface area contributed by atoms with Crippen molar-refractivity contribution in [2.45, 2.75) is 25.3 Å². The summed E-state index contributed by atoms with van der Waals surface area (Å²) in [5, 5.41) is 0. The molecule has 0 saturated heterocycles. The fourth-order valence-corrected chi connectivity index (χ4v) is 1.41. The van der Waals surface area contributed by atoms with Crippen molar-refractivity contribution >= 4 is 0 Å². The van der Waals surface area contributed by atoms with E-state index in [2.05, 4.69) is 31.2 Å². The minimum absolute atomic E-state index is 0.428. The topological polar surface area (TPSA) is 26.0 Å². The Balaban J connectivity index is 2.21. The molecule has 1 aliphatic carbocycles. The summed E-state index contributed by atoms with van der Waals surface area (Å²) < 4.78 is 0. The van der Waals surface area contributed by atoms with E-state index in [0.717, 1.165) is 0 Å². The summed E-state index contributed by atoms with van der Waals surface area (Å²) in [5.41, 5.74) is 8.46. The summed E-state index contributed by atoms with van der Waals surface area (Å²) in [6.45, 7) is 2.11. The predicted molar refractivity (Wildman–Crippen MR) is 46.5 cm³/mol. The summed E-state index contributed by atoms with van der Waals surface area (Å²) in [4.78, 5) is 0. The third-order valence-electron chi connectivity index (χ3n) is 2.35. The monoisotopic (exact) mass is 147 g/mol. The van der Waals surface area contributed by atoms with Crippen molar-refractivity contribution in [2.24, 2.45) is 5.73 Å². The van der Waals surface area contributed by atoms with Crippen LogP contribution in [0.5, 0.6) is 0 Å². The number of nitrogens with two attached hydrogens (primary N) is 1. The van der Waals surface area contributed by atoms with Crippen LogP contribution in [0.25, 0.3) is 0 Å². The lowest BCUT2D eigenvalue weighted by molar-refractivity contribution is 0.989. The number of hydrogen-bond donors (Lipinski definition) is 1. The molecule has 1 fully saturated rings. The van der Waals surface area contributed by atoms with Crippen molar-refractivity contribution in [3.63, 3.8) is 0 Å². The molecule has 0 spiro atoms. The van der Waals surface area contributed by atoms with Crippen LogP contribution in [0.1, 0.15) is 23.5 Å². The van der Waals surface area contributed by atoms with Gasteiger partial charge in [0.1, 0.15) is 0 Å². The van der Waals surface area contributed by atoms with E-state index in [1.165, 1.54) is 17.5 Å². The van der Waals surface area contributed by atoms with Gasteiger partial charge in [0.05, 0.1) is 0 Å². The molecule has 1 aromatic rings. The smallest absolute Gasteiger partial charge is 0.0115 e. The van der Waals surface area contributed by atoms with E-state index in [4.69, 9.17) is 5.73 Å². The highest BCUT2D eigenvalue weighted by Gasteiger charge is 2.34. The van der Waals surface area contributed by atoms with Crippen LogP contribution in [-0.2, 0) is 0 Å². The van der Waals surface area contributed by atoms with E-state index in [1.54, 1.807) is 0 Å². The first-order valence-electron chi connectivity index (χ1n) is 4.09. The van der Waals surface area contributed by atoms with Gasteiger partial charge in [-0.05, 0) is 18.9 Å². The number of hydrogen-bond acceptors (Lipinski definition) is 1. The van der Waals surface area contributed by atoms with Gasteiger partial charge in [0.15, 0.2) is 0 Å². The van der Waals surface area contributed by atoms with Gasteiger partial charge < -0.3 is 5.73 Å². The Hall–Kier alpha value is -0.820. The molecule has 0 aromatic heterocycles. The summed E-state index contributed by atoms with van der Waals surface area (Å²) in [5.74, 6) is 0.649. The molecule has 0 amide bonds. The van der Waals surface area contributed by atoms with Crippen LogP contribution in [0.2, 0.25) is 0 Å². The van der Waals surface area contributed by atoms with Crippen LogP contribution in [0.4, 0.5) is 0 Å². The first-order chi connectivity index (χ1) is 5.27. The van der Waals surface area contributed by atoms with Crippen molar-refractivity contribution < 1.29 is 0 Å². The molecule has 1 aliphatic rings. The minimum atomic E-state index is 0.428. The van der Waals surface area contributed by atoms with Crippen LogP contribution in [-0.4, -0.2) is 6.04 Å². The Bertz CT molecular complexity index is 250. The Morgan fingerprint density at radius 3 is 2.27 bits per heavy atom. The first kappa shape index (κ1) is 6.86. The molecule has 1 saturated carbocycles. The van der Waals surface area contributed by atoms with Gasteiger partial charge in [0.25, 0.3) is 0 Å². The fourth-order valence-electron chi connectivity index (χ4n) is 1.41. The molecule has 0 aliphatic heterocycles. The summed E-state index contributed by atoms with van der Waals surface area (Å²) in [6, 6.07) is 9.11. The van der Waals surface area contributed by atoms with Gasteiger partial charge in [0.2, 0.25) is 0 Å².